The van der Waals surface area contributed by atoms with Crippen molar-refractivity contribution in [1.29, 1.82) is 0 Å². The Morgan fingerprint density at radius 1 is 1.29 bits per heavy atom. The van der Waals surface area contributed by atoms with Gasteiger partial charge in [-0.1, -0.05) is 6.92 Å². The smallest absolute Gasteiger partial charge is 0.383 e. The molecule has 1 heterocycles. The molecule has 0 radical (unpaired) electrons. The Kier molecular flexibility index (Phi) is 5.14. The molecular formula is C15H17F3N2O3S. The number of hydrogen-bond donors (Lipinski definition) is 2. The predicted molar refractivity (Wildman–Crippen MR) is 87.3 cm³/mol. The number of nitro benzene ring substituents is 1. The molecule has 2 N–H and O–H groups in total. The third kappa shape index (κ3) is 4.02. The van der Waals surface area contributed by atoms with Crippen LogP contribution in [-0.4, -0.2) is 32.7 Å². The number of aliphatic hydroxyl groups is 1. The van der Waals surface area contributed by atoms with E-state index < -0.39 is 22.5 Å². The van der Waals surface area contributed by atoms with E-state index in [9.17, 15) is 28.4 Å². The lowest BCUT2D eigenvalue weighted by atomic mass is 9.99. The van der Waals surface area contributed by atoms with Gasteiger partial charge in [0, 0.05) is 34.0 Å². The van der Waals surface area contributed by atoms with Crippen LogP contribution in [0.1, 0.15) is 24.6 Å². The van der Waals surface area contributed by atoms with E-state index in [0.29, 0.717) is 33.9 Å². The van der Waals surface area contributed by atoms with Crippen LogP contribution in [0.25, 0.3) is 10.9 Å². The van der Waals surface area contributed by atoms with Gasteiger partial charge in [0.15, 0.2) is 0 Å². The summed E-state index contributed by atoms with van der Waals surface area (Å²) < 4.78 is 36.9. The van der Waals surface area contributed by atoms with Crippen LogP contribution in [0.4, 0.5) is 18.9 Å². The van der Waals surface area contributed by atoms with E-state index in [1.807, 2.05) is 0 Å². The number of nitrogens with zero attached hydrogens (tertiary/aromatic N) is 1. The van der Waals surface area contributed by atoms with Crippen molar-refractivity contribution >= 4 is 28.4 Å². The summed E-state index contributed by atoms with van der Waals surface area (Å²) >= 11 is 0.604. The Labute approximate surface area is 140 Å². The number of nitro groups is 1. The van der Waals surface area contributed by atoms with E-state index in [0.717, 1.165) is 0 Å². The van der Waals surface area contributed by atoms with Crippen molar-refractivity contribution in [2.45, 2.75) is 32.0 Å². The standard InChI is InChI=1S/C15H17F3N2O3S/c1-3-14(21,7-24-8-15(16,17)18)13-6-10-5-12(20(22)23)9(2)4-11(10)19-13/h4-6,19,21H,3,7-8H2,1-2H3. The Hall–Kier alpha value is -1.74. The van der Waals surface area contributed by atoms with E-state index in [2.05, 4.69) is 4.98 Å². The fourth-order valence-electron chi connectivity index (χ4n) is 2.43. The molecule has 1 unspecified atom stereocenters. The Balaban J connectivity index is 2.33. The molecule has 5 nitrogen and oxygen atoms in total. The third-order valence-corrected chi connectivity index (χ3v) is 5.04. The molecule has 9 heteroatoms. The zero-order valence-electron chi connectivity index (χ0n) is 13.1. The van der Waals surface area contributed by atoms with Gasteiger partial charge in [0.1, 0.15) is 5.60 Å². The quantitative estimate of drug-likeness (QED) is 0.594. The summed E-state index contributed by atoms with van der Waals surface area (Å²) in [5.41, 5.74) is -0.0836. The Morgan fingerprint density at radius 3 is 2.50 bits per heavy atom. The van der Waals surface area contributed by atoms with Crippen molar-refractivity contribution in [3.63, 3.8) is 0 Å². The number of aromatic nitrogens is 1. The summed E-state index contributed by atoms with van der Waals surface area (Å²) in [5.74, 6) is -1.17. The van der Waals surface area contributed by atoms with Crippen molar-refractivity contribution < 1.29 is 23.2 Å². The number of aryl methyl sites for hydroxylation is 1. The molecule has 0 fully saturated rings. The van der Waals surface area contributed by atoms with E-state index in [1.54, 1.807) is 26.0 Å². The molecule has 1 atom stereocenters. The van der Waals surface area contributed by atoms with Crippen LogP contribution in [0.3, 0.4) is 0 Å². The highest BCUT2D eigenvalue weighted by Gasteiger charge is 2.33. The second kappa shape index (κ2) is 6.64. The number of benzene rings is 1. The van der Waals surface area contributed by atoms with E-state index in [-0.39, 0.29) is 17.9 Å². The largest absolute Gasteiger partial charge is 0.397 e. The zero-order chi connectivity index (χ0) is 18.1. The molecule has 132 valence electrons. The normalized spacial score (nSPS) is 14.8. The fourth-order valence-corrected chi connectivity index (χ4v) is 3.46. The SMILES string of the molecule is CCC(O)(CSCC(F)(F)F)c1cc2cc([N+](=O)[O-])c(C)cc2[nH]1. The van der Waals surface area contributed by atoms with Crippen LogP contribution in [0, 0.1) is 17.0 Å². The number of nitrogens with one attached hydrogen (secondary N) is 1. The van der Waals surface area contributed by atoms with E-state index in [1.165, 1.54) is 6.07 Å². The Bertz CT molecular complexity index is 760. The monoisotopic (exact) mass is 362 g/mol. The van der Waals surface area contributed by atoms with Gasteiger partial charge in [0.05, 0.1) is 10.7 Å². The minimum Gasteiger partial charge on any atom is -0.383 e. The van der Waals surface area contributed by atoms with Crippen LogP contribution in [0.2, 0.25) is 0 Å². The van der Waals surface area contributed by atoms with Crippen LogP contribution < -0.4 is 0 Å². The number of hydrogen-bond acceptors (Lipinski definition) is 4. The minimum atomic E-state index is -4.29. The highest BCUT2D eigenvalue weighted by atomic mass is 32.2. The number of alkyl halides is 3. The summed E-state index contributed by atoms with van der Waals surface area (Å²) in [5, 5.41) is 22.2. The average molecular weight is 362 g/mol. The molecule has 1 aromatic heterocycles. The van der Waals surface area contributed by atoms with Gasteiger partial charge >= 0.3 is 6.18 Å². The van der Waals surface area contributed by atoms with Crippen molar-refractivity contribution in [3.05, 3.63) is 39.6 Å². The second-order valence-electron chi connectivity index (χ2n) is 5.66. The average Bonchev–Trinajstić information content (AvgIpc) is 2.87. The first-order chi connectivity index (χ1) is 11.1. The first kappa shape index (κ1) is 18.6. The maximum Gasteiger partial charge on any atom is 0.397 e. The van der Waals surface area contributed by atoms with Crippen LogP contribution in [0.5, 0.6) is 0 Å². The molecule has 1 aromatic carbocycles. The van der Waals surface area contributed by atoms with Crippen LogP contribution in [-0.2, 0) is 5.60 Å². The lowest BCUT2D eigenvalue weighted by molar-refractivity contribution is -0.385. The lowest BCUT2D eigenvalue weighted by Gasteiger charge is -2.25. The van der Waals surface area contributed by atoms with Gasteiger partial charge in [-0.05, 0) is 25.5 Å². The first-order valence-corrected chi connectivity index (χ1v) is 8.36. The molecule has 0 aliphatic carbocycles. The first-order valence-electron chi connectivity index (χ1n) is 7.21. The highest BCUT2D eigenvalue weighted by Crippen LogP contribution is 2.34. The van der Waals surface area contributed by atoms with Gasteiger partial charge in [-0.2, -0.15) is 13.2 Å². The summed E-state index contributed by atoms with van der Waals surface area (Å²) in [6.07, 6.45) is -4.08. The molecule has 0 saturated carbocycles. The van der Waals surface area contributed by atoms with Gasteiger partial charge in [0.25, 0.3) is 5.69 Å². The van der Waals surface area contributed by atoms with Crippen molar-refractivity contribution in [2.24, 2.45) is 0 Å². The molecule has 2 aromatic rings. The molecule has 0 bridgehead atoms. The minimum absolute atomic E-state index is 0.0421. The molecular weight excluding hydrogens is 345 g/mol. The van der Waals surface area contributed by atoms with Gasteiger partial charge < -0.3 is 10.1 Å². The van der Waals surface area contributed by atoms with Crippen molar-refractivity contribution in [1.82, 2.24) is 4.98 Å². The Morgan fingerprint density at radius 2 is 1.96 bits per heavy atom. The second-order valence-corrected chi connectivity index (χ2v) is 6.64. The number of aromatic amines is 1. The summed E-state index contributed by atoms with van der Waals surface area (Å²) in [6.45, 7) is 3.27. The van der Waals surface area contributed by atoms with Gasteiger partial charge in [-0.3, -0.25) is 10.1 Å². The number of rotatable bonds is 6. The van der Waals surface area contributed by atoms with Gasteiger partial charge in [-0.25, -0.2) is 0 Å². The molecule has 0 amide bonds. The summed E-state index contributed by atoms with van der Waals surface area (Å²) in [7, 11) is 0. The van der Waals surface area contributed by atoms with E-state index >= 15 is 0 Å². The van der Waals surface area contributed by atoms with Gasteiger partial charge in [-0.15, -0.1) is 11.8 Å². The van der Waals surface area contributed by atoms with Crippen molar-refractivity contribution in [3.8, 4) is 0 Å². The van der Waals surface area contributed by atoms with Crippen LogP contribution in [0.15, 0.2) is 18.2 Å². The molecule has 0 saturated heterocycles. The fraction of sp³-hybridized carbons (Fsp3) is 0.467. The van der Waals surface area contributed by atoms with E-state index in [4.69, 9.17) is 0 Å². The topological polar surface area (TPSA) is 79.2 Å². The van der Waals surface area contributed by atoms with Crippen LogP contribution >= 0.6 is 11.8 Å². The molecule has 0 aliphatic rings. The maximum atomic E-state index is 12.3. The van der Waals surface area contributed by atoms with Gasteiger partial charge in [0.2, 0.25) is 0 Å². The maximum absolute atomic E-state index is 12.3. The number of halogens is 3. The summed E-state index contributed by atoms with van der Waals surface area (Å²) in [4.78, 5) is 13.5. The van der Waals surface area contributed by atoms with Crippen molar-refractivity contribution in [2.75, 3.05) is 11.5 Å². The highest BCUT2D eigenvalue weighted by molar-refractivity contribution is 7.99. The number of H-pyrrole nitrogens is 1. The number of fused-ring (bicyclic) bond motifs is 1. The third-order valence-electron chi connectivity index (χ3n) is 3.83. The molecule has 2 rings (SSSR count). The molecule has 0 aliphatic heterocycles. The predicted octanol–water partition coefficient (Wildman–Crippen LogP) is 4.28. The molecule has 0 spiro atoms. The zero-order valence-corrected chi connectivity index (χ0v) is 13.9. The lowest BCUT2D eigenvalue weighted by Crippen LogP contribution is -2.29. The number of thioether (sulfide) groups is 1. The molecule has 24 heavy (non-hydrogen) atoms. The summed E-state index contributed by atoms with van der Waals surface area (Å²) in [6, 6.07) is 4.54.